The number of aryl methyl sites for hydroxylation is 1. The molecule has 39 heavy (non-hydrogen) atoms. The fourth-order valence-corrected chi connectivity index (χ4v) is 3.71. The Bertz CT molecular complexity index is 1370. The number of halogens is 7. The number of amides is 1. The number of hydrogen-bond acceptors (Lipinski definition) is 7. The topological polar surface area (TPSA) is 118 Å². The van der Waals surface area contributed by atoms with Gasteiger partial charge in [0.15, 0.2) is 5.75 Å². The number of esters is 1. The standard InChI is InChI=1S/C23H19ClF6N4O5/c1-34-18(14(24)10-32-34)13-9-11(3-5-15(13)38-8-7-31)33-20(35)12-4-6-16(37-2)17(22(25,26)27)19(12)39-21(36)23(28,29)30/h3-6,9-10H,7-8,31H2,1-2H3,(H,33,35). The first kappa shape index (κ1) is 29.6. The number of rotatable bonds is 8. The van der Waals surface area contributed by atoms with E-state index in [4.69, 9.17) is 22.1 Å². The van der Waals surface area contributed by atoms with Crippen molar-refractivity contribution in [2.45, 2.75) is 12.4 Å². The van der Waals surface area contributed by atoms with Crippen molar-refractivity contribution in [3.05, 3.63) is 52.7 Å². The molecule has 1 aromatic heterocycles. The summed E-state index contributed by atoms with van der Waals surface area (Å²) in [6, 6.07) is 5.49. The molecule has 0 aliphatic rings. The number of carbonyl (C=O) groups excluding carboxylic acids is 2. The number of benzene rings is 2. The lowest BCUT2D eigenvalue weighted by atomic mass is 10.1. The third-order valence-electron chi connectivity index (χ3n) is 5.06. The van der Waals surface area contributed by atoms with E-state index >= 15 is 0 Å². The molecule has 2 aromatic carbocycles. The second-order valence-corrected chi connectivity index (χ2v) is 8.08. The molecule has 1 amide bonds. The van der Waals surface area contributed by atoms with Crippen molar-refractivity contribution in [1.29, 1.82) is 0 Å². The molecule has 0 radical (unpaired) electrons. The van der Waals surface area contributed by atoms with Crippen LogP contribution in [0.5, 0.6) is 17.2 Å². The fraction of sp³-hybridized carbons (Fsp3) is 0.261. The molecule has 3 rings (SSSR count). The van der Waals surface area contributed by atoms with Gasteiger partial charge in [0.1, 0.15) is 23.7 Å². The maximum absolute atomic E-state index is 13.8. The van der Waals surface area contributed by atoms with Gasteiger partial charge >= 0.3 is 18.3 Å². The summed E-state index contributed by atoms with van der Waals surface area (Å²) >= 11 is 6.22. The largest absolute Gasteiger partial charge is 0.496 e. The number of hydrogen-bond donors (Lipinski definition) is 2. The number of ether oxygens (including phenoxy) is 3. The molecule has 0 aliphatic carbocycles. The van der Waals surface area contributed by atoms with E-state index in [0.717, 1.165) is 13.2 Å². The second-order valence-electron chi connectivity index (χ2n) is 7.67. The number of nitrogens with one attached hydrogen (secondary N) is 1. The van der Waals surface area contributed by atoms with Crippen molar-refractivity contribution < 1.29 is 50.1 Å². The van der Waals surface area contributed by atoms with Gasteiger partial charge in [-0.2, -0.15) is 31.4 Å². The van der Waals surface area contributed by atoms with Gasteiger partial charge in [-0.1, -0.05) is 11.6 Å². The summed E-state index contributed by atoms with van der Waals surface area (Å²) in [5.74, 6) is -6.68. The van der Waals surface area contributed by atoms with Gasteiger partial charge in [0.05, 0.1) is 29.6 Å². The lowest BCUT2D eigenvalue weighted by Crippen LogP contribution is -2.30. The van der Waals surface area contributed by atoms with E-state index in [0.29, 0.717) is 17.3 Å². The smallest absolute Gasteiger partial charge is 0.491 e. The Morgan fingerprint density at radius 1 is 1.10 bits per heavy atom. The van der Waals surface area contributed by atoms with Crippen molar-refractivity contribution in [3.63, 3.8) is 0 Å². The Hall–Kier alpha value is -3.98. The van der Waals surface area contributed by atoms with Crippen LogP contribution in [0.4, 0.5) is 32.0 Å². The molecule has 3 aromatic rings. The molecule has 0 unspecified atom stereocenters. The van der Waals surface area contributed by atoms with Crippen LogP contribution in [-0.4, -0.2) is 48.1 Å². The summed E-state index contributed by atoms with van der Waals surface area (Å²) in [6.07, 6.45) is -9.68. The van der Waals surface area contributed by atoms with Crippen molar-refractivity contribution in [2.75, 3.05) is 25.6 Å². The number of alkyl halides is 6. The minimum atomic E-state index is -5.66. The van der Waals surface area contributed by atoms with E-state index in [9.17, 15) is 35.9 Å². The molecule has 0 atom stereocenters. The third-order valence-corrected chi connectivity index (χ3v) is 5.33. The quantitative estimate of drug-likeness (QED) is 0.223. The number of aromatic nitrogens is 2. The van der Waals surface area contributed by atoms with Crippen LogP contribution >= 0.6 is 11.6 Å². The number of nitrogens with two attached hydrogens (primary N) is 1. The molecule has 1 heterocycles. The summed E-state index contributed by atoms with van der Waals surface area (Å²) in [6.45, 7) is 0.268. The molecule has 0 fully saturated rings. The van der Waals surface area contributed by atoms with E-state index in [2.05, 4.69) is 19.9 Å². The second kappa shape index (κ2) is 11.4. The van der Waals surface area contributed by atoms with Gasteiger partial charge in [-0.15, -0.1) is 0 Å². The zero-order valence-electron chi connectivity index (χ0n) is 20.0. The van der Waals surface area contributed by atoms with Crippen molar-refractivity contribution >= 4 is 29.2 Å². The molecular formula is C23H19ClF6N4O5. The van der Waals surface area contributed by atoms with Gasteiger partial charge in [-0.25, -0.2) is 4.79 Å². The van der Waals surface area contributed by atoms with Gasteiger partial charge in [0.2, 0.25) is 0 Å². The van der Waals surface area contributed by atoms with E-state index in [1.165, 1.54) is 29.1 Å². The molecule has 0 bridgehead atoms. The Morgan fingerprint density at radius 3 is 2.31 bits per heavy atom. The predicted octanol–water partition coefficient (Wildman–Crippen LogP) is 4.83. The van der Waals surface area contributed by atoms with Crippen LogP contribution in [-0.2, 0) is 18.0 Å². The van der Waals surface area contributed by atoms with Crippen LogP contribution in [0, 0.1) is 0 Å². The number of carbonyl (C=O) groups is 2. The predicted molar refractivity (Wildman–Crippen MR) is 126 cm³/mol. The van der Waals surface area contributed by atoms with Crippen LogP contribution in [0.2, 0.25) is 5.02 Å². The molecular weight excluding hydrogens is 562 g/mol. The van der Waals surface area contributed by atoms with Crippen LogP contribution < -0.4 is 25.3 Å². The van der Waals surface area contributed by atoms with Crippen molar-refractivity contribution in [1.82, 2.24) is 9.78 Å². The molecule has 210 valence electrons. The highest BCUT2D eigenvalue weighted by Crippen LogP contribution is 2.45. The normalized spacial score (nSPS) is 11.7. The van der Waals surface area contributed by atoms with E-state index in [-0.39, 0.29) is 29.6 Å². The average Bonchev–Trinajstić information content (AvgIpc) is 3.18. The molecule has 16 heteroatoms. The van der Waals surface area contributed by atoms with E-state index in [1.807, 2.05) is 0 Å². The lowest BCUT2D eigenvalue weighted by molar-refractivity contribution is -0.190. The Kier molecular flexibility index (Phi) is 8.65. The molecule has 3 N–H and O–H groups in total. The summed E-state index contributed by atoms with van der Waals surface area (Å²) in [4.78, 5) is 24.5. The zero-order chi connectivity index (χ0) is 29.1. The number of methoxy groups -OCH3 is 1. The van der Waals surface area contributed by atoms with Crippen LogP contribution in [0.3, 0.4) is 0 Å². The zero-order valence-corrected chi connectivity index (χ0v) is 20.8. The van der Waals surface area contributed by atoms with Crippen LogP contribution in [0.25, 0.3) is 11.3 Å². The first-order chi connectivity index (χ1) is 18.2. The minimum absolute atomic E-state index is 0.0233. The number of anilines is 1. The Labute approximate surface area is 221 Å². The van der Waals surface area contributed by atoms with Gasteiger partial charge in [-0.05, 0) is 30.3 Å². The summed E-state index contributed by atoms with van der Waals surface area (Å²) in [5, 5.41) is 6.50. The Morgan fingerprint density at radius 2 is 1.77 bits per heavy atom. The van der Waals surface area contributed by atoms with Crippen LogP contribution in [0.15, 0.2) is 36.5 Å². The highest BCUT2D eigenvalue weighted by atomic mass is 35.5. The SMILES string of the molecule is COc1ccc(C(=O)Nc2ccc(OCCN)c(-c3c(Cl)cnn3C)c2)c(OC(=O)C(F)(F)F)c1C(F)(F)F. The monoisotopic (exact) mass is 580 g/mol. The van der Waals surface area contributed by atoms with Gasteiger partial charge in [0, 0.05) is 24.8 Å². The maximum atomic E-state index is 13.8. The first-order valence-electron chi connectivity index (χ1n) is 10.7. The highest BCUT2D eigenvalue weighted by Gasteiger charge is 2.46. The maximum Gasteiger partial charge on any atom is 0.491 e. The van der Waals surface area contributed by atoms with Crippen molar-refractivity contribution in [3.8, 4) is 28.5 Å². The van der Waals surface area contributed by atoms with Gasteiger partial charge in [0.25, 0.3) is 5.91 Å². The average molecular weight is 581 g/mol. The molecule has 0 saturated carbocycles. The molecule has 9 nitrogen and oxygen atoms in total. The van der Waals surface area contributed by atoms with Crippen LogP contribution in [0.1, 0.15) is 15.9 Å². The minimum Gasteiger partial charge on any atom is -0.496 e. The molecule has 0 aliphatic heterocycles. The highest BCUT2D eigenvalue weighted by molar-refractivity contribution is 6.33. The van der Waals surface area contributed by atoms with E-state index < -0.39 is 46.9 Å². The number of nitrogens with zero attached hydrogens (tertiary/aromatic N) is 2. The van der Waals surface area contributed by atoms with Gasteiger partial charge in [-0.3, -0.25) is 9.48 Å². The summed E-state index contributed by atoms with van der Waals surface area (Å²) in [5.41, 5.74) is 3.21. The van der Waals surface area contributed by atoms with Crippen molar-refractivity contribution in [2.24, 2.45) is 12.8 Å². The van der Waals surface area contributed by atoms with E-state index in [1.54, 1.807) is 7.05 Å². The first-order valence-corrected chi connectivity index (χ1v) is 11.1. The molecule has 0 saturated heterocycles. The summed E-state index contributed by atoms with van der Waals surface area (Å²) in [7, 11) is 2.38. The third kappa shape index (κ3) is 6.54. The Balaban J connectivity index is 2.11. The lowest BCUT2D eigenvalue weighted by Gasteiger charge is -2.20. The summed E-state index contributed by atoms with van der Waals surface area (Å²) < 4.78 is 95.7. The van der Waals surface area contributed by atoms with Gasteiger partial charge < -0.3 is 25.3 Å². The molecule has 0 spiro atoms. The fourth-order valence-electron chi connectivity index (χ4n) is 3.44.